The van der Waals surface area contributed by atoms with Crippen molar-refractivity contribution < 1.29 is 33.3 Å². The zero-order valence-corrected chi connectivity index (χ0v) is 20.1. The Morgan fingerprint density at radius 2 is 1.31 bits per heavy atom. The van der Waals surface area contributed by atoms with Crippen molar-refractivity contribution in [1.82, 2.24) is 0 Å². The summed E-state index contributed by atoms with van der Waals surface area (Å²) in [5.41, 5.74) is 1.11. The summed E-state index contributed by atoms with van der Waals surface area (Å²) in [5.74, 6) is 0.963. The first kappa shape index (κ1) is 26.1. The zero-order chi connectivity index (χ0) is 25.8. The van der Waals surface area contributed by atoms with E-state index in [-0.39, 0.29) is 18.7 Å². The predicted octanol–water partition coefficient (Wildman–Crippen LogP) is 4.79. The van der Waals surface area contributed by atoms with Crippen LogP contribution in [0.1, 0.15) is 19.8 Å². The van der Waals surface area contributed by atoms with Crippen molar-refractivity contribution in [2.45, 2.75) is 19.8 Å². The van der Waals surface area contributed by atoms with E-state index >= 15 is 0 Å². The van der Waals surface area contributed by atoms with Crippen LogP contribution in [-0.2, 0) is 19.1 Å². The average Bonchev–Trinajstić information content (AvgIpc) is 2.89. The van der Waals surface area contributed by atoms with Gasteiger partial charge in [0.25, 0.3) is 5.91 Å². The van der Waals surface area contributed by atoms with Crippen LogP contribution in [0.2, 0.25) is 0 Å². The number of hydrogen-bond acceptors (Lipinski definition) is 7. The fraction of sp³-hybridized carbons (Fsp3) is 0.222. The Kier molecular flexibility index (Phi) is 9.69. The lowest BCUT2D eigenvalue weighted by atomic mass is 10.2. The second-order valence-corrected chi connectivity index (χ2v) is 7.49. The quantitative estimate of drug-likeness (QED) is 0.350. The SMILES string of the molecule is CCOc1ccc(NC(=O)COC(=O)CCC(=O)Nc2ccc(Oc3ccccc3OC)cc2)cc1. The van der Waals surface area contributed by atoms with Crippen LogP contribution in [0, 0.1) is 0 Å². The standard InChI is InChI=1S/C27H28N2O7/c1-3-34-21-12-8-20(9-13-21)29-26(31)18-35-27(32)17-16-25(30)28-19-10-14-22(15-11-19)36-24-7-5-4-6-23(24)33-2/h4-15H,3,16-18H2,1-2H3,(H,28,30)(H,29,31). The minimum atomic E-state index is -0.646. The summed E-state index contributed by atoms with van der Waals surface area (Å²) in [6.45, 7) is 1.98. The third kappa shape index (κ3) is 8.35. The van der Waals surface area contributed by atoms with Gasteiger partial charge < -0.3 is 29.6 Å². The molecule has 9 nitrogen and oxygen atoms in total. The van der Waals surface area contributed by atoms with Gasteiger partial charge in [-0.3, -0.25) is 14.4 Å². The van der Waals surface area contributed by atoms with Crippen LogP contribution in [0.15, 0.2) is 72.8 Å². The van der Waals surface area contributed by atoms with Gasteiger partial charge in [-0.05, 0) is 67.6 Å². The molecule has 0 aromatic heterocycles. The number of amides is 2. The van der Waals surface area contributed by atoms with Gasteiger partial charge in [0.05, 0.1) is 20.1 Å². The maximum absolute atomic E-state index is 12.2. The lowest BCUT2D eigenvalue weighted by Crippen LogP contribution is -2.21. The first-order chi connectivity index (χ1) is 17.5. The van der Waals surface area contributed by atoms with Crippen LogP contribution >= 0.6 is 0 Å². The lowest BCUT2D eigenvalue weighted by Gasteiger charge is -2.11. The highest BCUT2D eigenvalue weighted by molar-refractivity contribution is 5.94. The van der Waals surface area contributed by atoms with E-state index in [0.717, 1.165) is 0 Å². The lowest BCUT2D eigenvalue weighted by molar-refractivity contribution is -0.147. The molecule has 0 fully saturated rings. The maximum Gasteiger partial charge on any atom is 0.306 e. The molecule has 0 radical (unpaired) electrons. The molecule has 2 N–H and O–H groups in total. The minimum Gasteiger partial charge on any atom is -0.494 e. The molecule has 3 aromatic carbocycles. The summed E-state index contributed by atoms with van der Waals surface area (Å²) in [7, 11) is 1.56. The second-order valence-electron chi connectivity index (χ2n) is 7.49. The largest absolute Gasteiger partial charge is 0.494 e. The van der Waals surface area contributed by atoms with Crippen LogP contribution in [0.5, 0.6) is 23.0 Å². The van der Waals surface area contributed by atoms with Gasteiger partial charge in [0.2, 0.25) is 5.91 Å². The Balaban J connectivity index is 1.36. The number of rotatable bonds is 12. The summed E-state index contributed by atoms with van der Waals surface area (Å²) in [6, 6.07) is 20.9. The molecule has 0 aliphatic heterocycles. The number of hydrogen-bond donors (Lipinski definition) is 2. The van der Waals surface area contributed by atoms with E-state index in [0.29, 0.717) is 41.0 Å². The topological polar surface area (TPSA) is 112 Å². The number of anilines is 2. The Morgan fingerprint density at radius 3 is 1.92 bits per heavy atom. The third-order valence-corrected chi connectivity index (χ3v) is 4.80. The number of para-hydroxylation sites is 2. The average molecular weight is 493 g/mol. The molecule has 0 unspecified atom stereocenters. The minimum absolute atomic E-state index is 0.0845. The van der Waals surface area contributed by atoms with Gasteiger partial charge in [0.15, 0.2) is 18.1 Å². The van der Waals surface area contributed by atoms with Crippen molar-refractivity contribution in [3.8, 4) is 23.0 Å². The van der Waals surface area contributed by atoms with Gasteiger partial charge in [-0.15, -0.1) is 0 Å². The Morgan fingerprint density at radius 1 is 0.722 bits per heavy atom. The summed E-state index contributed by atoms with van der Waals surface area (Å²) >= 11 is 0. The van der Waals surface area contributed by atoms with Crippen molar-refractivity contribution >= 4 is 29.2 Å². The molecular weight excluding hydrogens is 464 g/mol. The van der Waals surface area contributed by atoms with E-state index < -0.39 is 18.5 Å². The molecule has 9 heteroatoms. The molecule has 0 bridgehead atoms. The van der Waals surface area contributed by atoms with Crippen molar-refractivity contribution in [2.75, 3.05) is 31.0 Å². The normalized spacial score (nSPS) is 10.2. The van der Waals surface area contributed by atoms with E-state index in [2.05, 4.69) is 10.6 Å². The highest BCUT2D eigenvalue weighted by atomic mass is 16.5. The molecule has 3 aromatic rings. The fourth-order valence-electron chi connectivity index (χ4n) is 3.09. The first-order valence-corrected chi connectivity index (χ1v) is 11.4. The van der Waals surface area contributed by atoms with Gasteiger partial charge in [-0.2, -0.15) is 0 Å². The van der Waals surface area contributed by atoms with E-state index in [1.54, 1.807) is 67.8 Å². The van der Waals surface area contributed by atoms with E-state index in [9.17, 15) is 14.4 Å². The van der Waals surface area contributed by atoms with Crippen molar-refractivity contribution in [3.05, 3.63) is 72.8 Å². The molecular formula is C27H28N2O7. The number of ether oxygens (including phenoxy) is 4. The molecule has 2 amide bonds. The number of carbonyl (C=O) groups is 3. The number of nitrogens with one attached hydrogen (secondary N) is 2. The molecule has 0 spiro atoms. The Bertz CT molecular complexity index is 1160. The third-order valence-electron chi connectivity index (χ3n) is 4.80. The molecule has 0 saturated heterocycles. The first-order valence-electron chi connectivity index (χ1n) is 11.4. The summed E-state index contributed by atoms with van der Waals surface area (Å²) < 4.78 is 21.3. The molecule has 3 rings (SSSR count). The number of benzene rings is 3. The van der Waals surface area contributed by atoms with Crippen LogP contribution in [0.3, 0.4) is 0 Å². The Hall–Kier alpha value is -4.53. The molecule has 188 valence electrons. The van der Waals surface area contributed by atoms with Crippen molar-refractivity contribution in [2.24, 2.45) is 0 Å². The van der Waals surface area contributed by atoms with Crippen LogP contribution in [-0.4, -0.2) is 38.1 Å². The van der Waals surface area contributed by atoms with Crippen LogP contribution in [0.25, 0.3) is 0 Å². The van der Waals surface area contributed by atoms with Gasteiger partial charge in [0.1, 0.15) is 11.5 Å². The molecule has 0 heterocycles. The van der Waals surface area contributed by atoms with Gasteiger partial charge in [0, 0.05) is 17.8 Å². The summed E-state index contributed by atoms with van der Waals surface area (Å²) in [6.07, 6.45) is -0.240. The monoisotopic (exact) mass is 492 g/mol. The second kappa shape index (κ2) is 13.4. The highest BCUT2D eigenvalue weighted by Crippen LogP contribution is 2.31. The van der Waals surface area contributed by atoms with E-state index in [1.165, 1.54) is 0 Å². The smallest absolute Gasteiger partial charge is 0.306 e. The number of carbonyl (C=O) groups excluding carboxylic acids is 3. The number of methoxy groups -OCH3 is 1. The zero-order valence-electron chi connectivity index (χ0n) is 20.1. The van der Waals surface area contributed by atoms with E-state index in [1.807, 2.05) is 19.1 Å². The van der Waals surface area contributed by atoms with Crippen molar-refractivity contribution in [1.29, 1.82) is 0 Å². The molecule has 0 atom stereocenters. The molecule has 0 aliphatic carbocycles. The fourth-order valence-corrected chi connectivity index (χ4v) is 3.09. The maximum atomic E-state index is 12.2. The highest BCUT2D eigenvalue weighted by Gasteiger charge is 2.12. The molecule has 0 saturated carbocycles. The van der Waals surface area contributed by atoms with Gasteiger partial charge in [-0.1, -0.05) is 12.1 Å². The summed E-state index contributed by atoms with van der Waals surface area (Å²) in [4.78, 5) is 36.1. The Labute approximate surface area is 209 Å². The van der Waals surface area contributed by atoms with E-state index in [4.69, 9.17) is 18.9 Å². The van der Waals surface area contributed by atoms with Gasteiger partial charge >= 0.3 is 5.97 Å². The van der Waals surface area contributed by atoms with Gasteiger partial charge in [-0.25, -0.2) is 0 Å². The van der Waals surface area contributed by atoms with Crippen LogP contribution in [0.4, 0.5) is 11.4 Å². The number of esters is 1. The van der Waals surface area contributed by atoms with Crippen molar-refractivity contribution in [3.63, 3.8) is 0 Å². The predicted molar refractivity (Wildman–Crippen MR) is 135 cm³/mol. The molecule has 0 aliphatic rings. The van der Waals surface area contributed by atoms with Crippen LogP contribution < -0.4 is 24.8 Å². The summed E-state index contributed by atoms with van der Waals surface area (Å²) in [5, 5.41) is 5.33. The molecule has 36 heavy (non-hydrogen) atoms.